The summed E-state index contributed by atoms with van der Waals surface area (Å²) < 4.78 is 0. The molecule has 2 aliphatic rings. The summed E-state index contributed by atoms with van der Waals surface area (Å²) in [5.41, 5.74) is 5.35. The lowest BCUT2D eigenvalue weighted by Gasteiger charge is -2.39. The first-order chi connectivity index (χ1) is 8.59. The number of nitrogens with zero attached hydrogens (tertiary/aromatic N) is 1. The molecule has 1 aliphatic carbocycles. The van der Waals surface area contributed by atoms with Crippen LogP contribution in [0.2, 0.25) is 0 Å². The Labute approximate surface area is 109 Å². The van der Waals surface area contributed by atoms with Crippen molar-refractivity contribution in [2.45, 2.75) is 51.5 Å². The molecule has 102 valence electrons. The molecular weight excluding hydrogens is 228 g/mol. The maximum atomic E-state index is 11.9. The van der Waals surface area contributed by atoms with E-state index in [-0.39, 0.29) is 17.7 Å². The van der Waals surface area contributed by atoms with Gasteiger partial charge in [0.1, 0.15) is 5.78 Å². The number of hydrogen-bond acceptors (Lipinski definition) is 3. The van der Waals surface area contributed by atoms with Gasteiger partial charge in [-0.2, -0.15) is 0 Å². The first kappa shape index (κ1) is 13.5. The first-order valence-electron chi connectivity index (χ1n) is 7.15. The summed E-state index contributed by atoms with van der Waals surface area (Å²) in [6.07, 6.45) is 6.30. The first-order valence-corrected chi connectivity index (χ1v) is 7.15. The molecule has 0 aromatic heterocycles. The summed E-state index contributed by atoms with van der Waals surface area (Å²) in [4.78, 5) is 25.5. The summed E-state index contributed by atoms with van der Waals surface area (Å²) in [6, 6.07) is 0.357. The van der Waals surface area contributed by atoms with Gasteiger partial charge in [-0.05, 0) is 32.2 Å². The molecule has 1 saturated carbocycles. The van der Waals surface area contributed by atoms with Crippen LogP contribution in [0.4, 0.5) is 0 Å². The highest BCUT2D eigenvalue weighted by molar-refractivity contribution is 5.83. The number of carbonyl (C=O) groups is 2. The number of piperidine rings is 1. The largest absolute Gasteiger partial charge is 0.369 e. The van der Waals surface area contributed by atoms with E-state index >= 15 is 0 Å². The van der Waals surface area contributed by atoms with Gasteiger partial charge in [-0.15, -0.1) is 0 Å². The minimum atomic E-state index is -0.239. The molecule has 18 heavy (non-hydrogen) atoms. The second kappa shape index (κ2) is 5.83. The van der Waals surface area contributed by atoms with Gasteiger partial charge in [0.25, 0.3) is 0 Å². The van der Waals surface area contributed by atoms with Crippen molar-refractivity contribution < 1.29 is 9.59 Å². The van der Waals surface area contributed by atoms with E-state index in [0.717, 1.165) is 32.2 Å². The van der Waals surface area contributed by atoms with E-state index in [0.29, 0.717) is 18.4 Å². The molecule has 2 rings (SSSR count). The molecule has 1 saturated heterocycles. The minimum Gasteiger partial charge on any atom is -0.369 e. The molecule has 3 unspecified atom stereocenters. The predicted molar refractivity (Wildman–Crippen MR) is 69.9 cm³/mol. The van der Waals surface area contributed by atoms with E-state index in [2.05, 4.69) is 4.90 Å². The van der Waals surface area contributed by atoms with Crippen molar-refractivity contribution in [2.75, 3.05) is 13.1 Å². The van der Waals surface area contributed by atoms with Crippen LogP contribution in [0.15, 0.2) is 0 Å². The second-order valence-electron chi connectivity index (χ2n) is 5.83. The molecule has 0 aromatic rings. The number of rotatable bonds is 4. The summed E-state index contributed by atoms with van der Waals surface area (Å²) >= 11 is 0. The van der Waals surface area contributed by atoms with E-state index in [1.165, 1.54) is 12.8 Å². The lowest BCUT2D eigenvalue weighted by molar-refractivity contribution is -0.124. The summed E-state index contributed by atoms with van der Waals surface area (Å²) in [7, 11) is 0. The van der Waals surface area contributed by atoms with Crippen molar-refractivity contribution in [3.05, 3.63) is 0 Å². The highest BCUT2D eigenvalue weighted by atomic mass is 16.1. The van der Waals surface area contributed by atoms with E-state index in [9.17, 15) is 9.59 Å². The van der Waals surface area contributed by atoms with Gasteiger partial charge in [-0.25, -0.2) is 0 Å². The van der Waals surface area contributed by atoms with Gasteiger partial charge in [0.05, 0.1) is 0 Å². The number of primary amides is 1. The SMILES string of the molecule is CC(CN1CCCCC1C1CCCC1=O)C(N)=O. The van der Waals surface area contributed by atoms with Gasteiger partial charge in [0, 0.05) is 30.8 Å². The molecule has 4 nitrogen and oxygen atoms in total. The summed E-state index contributed by atoms with van der Waals surface area (Å²) in [6.45, 7) is 3.60. The molecule has 1 aliphatic heterocycles. The topological polar surface area (TPSA) is 63.4 Å². The molecule has 0 bridgehead atoms. The second-order valence-corrected chi connectivity index (χ2v) is 5.83. The predicted octanol–water partition coefficient (Wildman–Crippen LogP) is 1.33. The van der Waals surface area contributed by atoms with E-state index in [4.69, 9.17) is 5.73 Å². The van der Waals surface area contributed by atoms with Gasteiger partial charge in [-0.3, -0.25) is 14.5 Å². The normalized spacial score (nSPS) is 31.5. The zero-order valence-corrected chi connectivity index (χ0v) is 11.2. The van der Waals surface area contributed by atoms with Crippen LogP contribution in [-0.2, 0) is 9.59 Å². The Kier molecular flexibility index (Phi) is 4.38. The number of amides is 1. The molecule has 2 N–H and O–H groups in total. The van der Waals surface area contributed by atoms with Crippen molar-refractivity contribution in [1.82, 2.24) is 4.90 Å². The van der Waals surface area contributed by atoms with Crippen LogP contribution < -0.4 is 5.73 Å². The average molecular weight is 252 g/mol. The Balaban J connectivity index is 2.01. The van der Waals surface area contributed by atoms with Crippen LogP contribution in [0.3, 0.4) is 0 Å². The van der Waals surface area contributed by atoms with Crippen LogP contribution in [0, 0.1) is 11.8 Å². The van der Waals surface area contributed by atoms with Crippen LogP contribution >= 0.6 is 0 Å². The highest BCUT2D eigenvalue weighted by Gasteiger charge is 2.37. The van der Waals surface area contributed by atoms with Gasteiger partial charge < -0.3 is 5.73 Å². The maximum Gasteiger partial charge on any atom is 0.221 e. The standard InChI is InChI=1S/C14H24N2O2/c1-10(14(15)18)9-16-8-3-2-6-12(16)11-5-4-7-13(11)17/h10-12H,2-9H2,1H3,(H2,15,18). The average Bonchev–Trinajstić information content (AvgIpc) is 2.76. The molecule has 4 heteroatoms. The smallest absolute Gasteiger partial charge is 0.221 e. The van der Waals surface area contributed by atoms with Crippen molar-refractivity contribution in [3.63, 3.8) is 0 Å². The fourth-order valence-corrected chi connectivity index (χ4v) is 3.39. The van der Waals surface area contributed by atoms with Gasteiger partial charge >= 0.3 is 0 Å². The van der Waals surface area contributed by atoms with Crippen LogP contribution in [0.25, 0.3) is 0 Å². The molecule has 2 fully saturated rings. The Morgan fingerprint density at radius 2 is 2.17 bits per heavy atom. The van der Waals surface area contributed by atoms with Gasteiger partial charge in [0.2, 0.25) is 5.91 Å². The fourth-order valence-electron chi connectivity index (χ4n) is 3.39. The zero-order chi connectivity index (χ0) is 13.1. The Morgan fingerprint density at radius 3 is 2.78 bits per heavy atom. The Hall–Kier alpha value is -0.900. The number of Topliss-reactive ketones (excluding diaryl/α,β-unsaturated/α-hetero) is 1. The number of carbonyl (C=O) groups excluding carboxylic acids is 2. The van der Waals surface area contributed by atoms with Crippen molar-refractivity contribution in [1.29, 1.82) is 0 Å². The quantitative estimate of drug-likeness (QED) is 0.821. The Bertz CT molecular complexity index is 330. The lowest BCUT2D eigenvalue weighted by Crippen LogP contribution is -2.48. The zero-order valence-electron chi connectivity index (χ0n) is 11.2. The van der Waals surface area contributed by atoms with E-state index in [1.807, 2.05) is 6.92 Å². The Morgan fingerprint density at radius 1 is 1.39 bits per heavy atom. The third kappa shape index (κ3) is 2.91. The monoisotopic (exact) mass is 252 g/mol. The van der Waals surface area contributed by atoms with Crippen LogP contribution in [-0.4, -0.2) is 35.7 Å². The summed E-state index contributed by atoms with van der Waals surface area (Å²) in [5.74, 6) is 0.281. The number of likely N-dealkylation sites (tertiary alicyclic amines) is 1. The van der Waals surface area contributed by atoms with Crippen molar-refractivity contribution in [2.24, 2.45) is 17.6 Å². The minimum absolute atomic E-state index is 0.123. The lowest BCUT2D eigenvalue weighted by atomic mass is 9.88. The number of hydrogen-bond donors (Lipinski definition) is 1. The van der Waals surface area contributed by atoms with Crippen LogP contribution in [0.5, 0.6) is 0 Å². The molecule has 3 atom stereocenters. The van der Waals surface area contributed by atoms with E-state index < -0.39 is 0 Å². The third-order valence-electron chi connectivity index (χ3n) is 4.47. The molecule has 0 radical (unpaired) electrons. The van der Waals surface area contributed by atoms with Crippen molar-refractivity contribution >= 4 is 11.7 Å². The molecule has 1 amide bonds. The van der Waals surface area contributed by atoms with E-state index in [1.54, 1.807) is 0 Å². The maximum absolute atomic E-state index is 11.9. The number of nitrogens with two attached hydrogens (primary N) is 1. The molecule has 0 spiro atoms. The van der Waals surface area contributed by atoms with Gasteiger partial charge in [0.15, 0.2) is 0 Å². The third-order valence-corrected chi connectivity index (χ3v) is 4.47. The summed E-state index contributed by atoms with van der Waals surface area (Å²) in [5, 5.41) is 0. The molecule has 1 heterocycles. The fraction of sp³-hybridized carbons (Fsp3) is 0.857. The number of ketones is 1. The molecule has 0 aromatic carbocycles. The highest BCUT2D eigenvalue weighted by Crippen LogP contribution is 2.32. The van der Waals surface area contributed by atoms with Crippen molar-refractivity contribution in [3.8, 4) is 0 Å². The molecular formula is C14H24N2O2. The van der Waals surface area contributed by atoms with Crippen LogP contribution in [0.1, 0.15) is 45.4 Å². The van der Waals surface area contributed by atoms with Gasteiger partial charge in [-0.1, -0.05) is 13.3 Å².